The van der Waals surface area contributed by atoms with Crippen molar-refractivity contribution in [2.45, 2.75) is 20.5 Å². The monoisotopic (exact) mass is 431 g/mol. The van der Waals surface area contributed by atoms with E-state index < -0.39 is 11.1 Å². The van der Waals surface area contributed by atoms with Crippen molar-refractivity contribution in [2.75, 3.05) is 38.1 Å². The maximum absolute atomic E-state index is 11.9. The molecule has 0 aliphatic carbocycles. The van der Waals surface area contributed by atoms with Crippen LogP contribution in [0.15, 0.2) is 33.8 Å². The van der Waals surface area contributed by atoms with Gasteiger partial charge in [0.1, 0.15) is 12.4 Å². The number of ether oxygens (including phenoxy) is 1. The van der Waals surface area contributed by atoms with E-state index in [2.05, 4.69) is 34.0 Å². The SMILES string of the molecule is CCN(CC)CCN(C)c1nc(/C=C2/SC(=O)NC2=O)cc(OCc2ccco2)n1. The zero-order valence-electron chi connectivity index (χ0n) is 17.3. The lowest BCUT2D eigenvalue weighted by Crippen LogP contribution is -2.33. The number of carbonyl (C=O) groups is 2. The highest BCUT2D eigenvalue weighted by Crippen LogP contribution is 2.26. The Morgan fingerprint density at radius 1 is 1.23 bits per heavy atom. The maximum Gasteiger partial charge on any atom is 0.290 e. The standard InChI is InChI=1S/C20H25N5O4S/c1-4-25(5-2)9-8-24(3)19-21-14(11-16-18(26)23-20(27)30-16)12-17(22-19)29-13-15-7-6-10-28-15/h6-7,10-12H,4-5,8-9,13H2,1-3H3,(H,23,26,27)/b16-11+. The molecule has 2 aromatic heterocycles. The number of hydrogen-bond donors (Lipinski definition) is 1. The molecule has 0 atom stereocenters. The summed E-state index contributed by atoms with van der Waals surface area (Å²) in [7, 11) is 1.91. The van der Waals surface area contributed by atoms with E-state index in [4.69, 9.17) is 9.15 Å². The van der Waals surface area contributed by atoms with Crippen LogP contribution in [0.5, 0.6) is 5.88 Å². The number of nitrogens with one attached hydrogen (secondary N) is 1. The molecular weight excluding hydrogens is 406 g/mol. The molecule has 2 aromatic rings. The van der Waals surface area contributed by atoms with Crippen molar-refractivity contribution in [3.63, 3.8) is 0 Å². The van der Waals surface area contributed by atoms with Gasteiger partial charge in [-0.15, -0.1) is 0 Å². The first-order valence-corrected chi connectivity index (χ1v) is 10.5. The van der Waals surface area contributed by atoms with E-state index >= 15 is 0 Å². The van der Waals surface area contributed by atoms with E-state index in [0.29, 0.717) is 23.3 Å². The molecule has 1 fully saturated rings. The average molecular weight is 432 g/mol. The Hall–Kier alpha value is -2.85. The van der Waals surface area contributed by atoms with Crippen molar-refractivity contribution in [3.8, 4) is 5.88 Å². The zero-order chi connectivity index (χ0) is 21.5. The molecule has 1 saturated heterocycles. The second-order valence-corrected chi connectivity index (χ2v) is 7.61. The maximum atomic E-state index is 11.9. The van der Waals surface area contributed by atoms with Gasteiger partial charge >= 0.3 is 0 Å². The van der Waals surface area contributed by atoms with Crippen LogP contribution in [0.4, 0.5) is 10.7 Å². The molecule has 160 valence electrons. The smallest absolute Gasteiger partial charge is 0.290 e. The van der Waals surface area contributed by atoms with E-state index in [1.807, 2.05) is 18.0 Å². The zero-order valence-corrected chi connectivity index (χ0v) is 18.1. The molecule has 30 heavy (non-hydrogen) atoms. The van der Waals surface area contributed by atoms with Crippen LogP contribution in [0.3, 0.4) is 0 Å². The minimum absolute atomic E-state index is 0.219. The number of carbonyl (C=O) groups excluding carboxylic acids is 2. The van der Waals surface area contributed by atoms with Gasteiger partial charge in [-0.1, -0.05) is 13.8 Å². The summed E-state index contributed by atoms with van der Waals surface area (Å²) in [5.74, 6) is 1.06. The second kappa shape index (κ2) is 10.3. The number of nitrogens with zero attached hydrogens (tertiary/aromatic N) is 4. The van der Waals surface area contributed by atoms with Gasteiger partial charge in [-0.25, -0.2) is 4.98 Å². The Morgan fingerprint density at radius 3 is 2.67 bits per heavy atom. The molecular formula is C20H25N5O4S. The molecule has 3 heterocycles. The Balaban J connectivity index is 1.82. The van der Waals surface area contributed by atoms with Crippen LogP contribution < -0.4 is 15.0 Å². The predicted octanol–water partition coefficient (Wildman–Crippen LogP) is 2.75. The van der Waals surface area contributed by atoms with Crippen LogP contribution in [-0.4, -0.2) is 59.2 Å². The van der Waals surface area contributed by atoms with Gasteiger partial charge in [-0.05, 0) is 43.1 Å². The number of anilines is 1. The largest absolute Gasteiger partial charge is 0.469 e. The number of aromatic nitrogens is 2. The molecule has 10 heteroatoms. The van der Waals surface area contributed by atoms with Gasteiger partial charge in [0, 0.05) is 26.2 Å². The second-order valence-electron chi connectivity index (χ2n) is 6.60. The molecule has 3 rings (SSSR count). The quantitative estimate of drug-likeness (QED) is 0.569. The molecule has 2 amide bonds. The highest BCUT2D eigenvalue weighted by molar-refractivity contribution is 8.18. The molecule has 1 aliphatic heterocycles. The molecule has 9 nitrogen and oxygen atoms in total. The molecule has 0 unspecified atom stereocenters. The van der Waals surface area contributed by atoms with Crippen molar-refractivity contribution in [3.05, 3.63) is 40.8 Å². The lowest BCUT2D eigenvalue weighted by atomic mass is 10.3. The van der Waals surface area contributed by atoms with Crippen LogP contribution in [0.2, 0.25) is 0 Å². The van der Waals surface area contributed by atoms with Crippen LogP contribution >= 0.6 is 11.8 Å². The van der Waals surface area contributed by atoms with Gasteiger partial charge in [-0.3, -0.25) is 14.9 Å². The molecule has 0 spiro atoms. The summed E-state index contributed by atoms with van der Waals surface area (Å²) in [4.78, 5) is 36.9. The van der Waals surface area contributed by atoms with E-state index in [1.165, 1.54) is 0 Å². The fourth-order valence-corrected chi connectivity index (χ4v) is 3.44. The Labute approximate surface area is 179 Å². The summed E-state index contributed by atoms with van der Waals surface area (Å²) >= 11 is 0.845. The summed E-state index contributed by atoms with van der Waals surface area (Å²) < 4.78 is 11.1. The Bertz CT molecular complexity index is 912. The van der Waals surface area contributed by atoms with E-state index in [1.54, 1.807) is 24.5 Å². The molecule has 1 N–H and O–H groups in total. The van der Waals surface area contributed by atoms with Crippen LogP contribution in [-0.2, 0) is 11.4 Å². The van der Waals surface area contributed by atoms with E-state index in [0.717, 1.165) is 37.9 Å². The van der Waals surface area contributed by atoms with Crippen molar-refractivity contribution in [1.82, 2.24) is 20.2 Å². The van der Waals surface area contributed by atoms with Crippen molar-refractivity contribution >= 4 is 34.9 Å². The Morgan fingerprint density at radius 2 is 2.03 bits per heavy atom. The lowest BCUT2D eigenvalue weighted by Gasteiger charge is -2.23. The topological polar surface area (TPSA) is 101 Å². The minimum Gasteiger partial charge on any atom is -0.469 e. The van der Waals surface area contributed by atoms with Crippen LogP contribution in [0.1, 0.15) is 25.3 Å². The first-order valence-electron chi connectivity index (χ1n) is 9.71. The third-order valence-corrected chi connectivity index (χ3v) is 5.37. The number of rotatable bonds is 10. The first-order chi connectivity index (χ1) is 14.5. The highest BCUT2D eigenvalue weighted by Gasteiger charge is 2.25. The van der Waals surface area contributed by atoms with Crippen LogP contribution in [0, 0.1) is 0 Å². The van der Waals surface area contributed by atoms with Gasteiger partial charge in [0.15, 0.2) is 0 Å². The van der Waals surface area contributed by atoms with Crippen LogP contribution in [0.25, 0.3) is 6.08 Å². The fraction of sp³-hybridized carbons (Fsp3) is 0.400. The summed E-state index contributed by atoms with van der Waals surface area (Å²) in [5.41, 5.74) is 0.483. The number of thioether (sulfide) groups is 1. The molecule has 0 bridgehead atoms. The van der Waals surface area contributed by atoms with Gasteiger partial charge in [0.25, 0.3) is 11.1 Å². The number of imide groups is 1. The highest BCUT2D eigenvalue weighted by atomic mass is 32.2. The summed E-state index contributed by atoms with van der Waals surface area (Å²) in [5, 5.41) is 1.85. The average Bonchev–Trinajstić information content (AvgIpc) is 3.36. The van der Waals surface area contributed by atoms with E-state index in [9.17, 15) is 9.59 Å². The van der Waals surface area contributed by atoms with Gasteiger partial charge in [0.05, 0.1) is 16.9 Å². The van der Waals surface area contributed by atoms with Gasteiger partial charge in [-0.2, -0.15) is 4.98 Å². The van der Waals surface area contributed by atoms with E-state index in [-0.39, 0.29) is 11.5 Å². The summed E-state index contributed by atoms with van der Waals surface area (Å²) in [6.07, 6.45) is 3.14. The first kappa shape index (κ1) is 21.8. The van der Waals surface area contributed by atoms with Crippen molar-refractivity contribution in [2.24, 2.45) is 0 Å². The molecule has 0 aromatic carbocycles. The molecule has 0 saturated carbocycles. The molecule has 0 radical (unpaired) electrons. The predicted molar refractivity (Wildman–Crippen MR) is 115 cm³/mol. The van der Waals surface area contributed by atoms with Gasteiger partial charge in [0.2, 0.25) is 11.8 Å². The number of amides is 2. The third kappa shape index (κ3) is 5.83. The lowest BCUT2D eigenvalue weighted by molar-refractivity contribution is -0.115. The van der Waals surface area contributed by atoms with Crippen molar-refractivity contribution < 1.29 is 18.7 Å². The number of hydrogen-bond acceptors (Lipinski definition) is 9. The van der Waals surface area contributed by atoms with Crippen molar-refractivity contribution in [1.29, 1.82) is 0 Å². The van der Waals surface area contributed by atoms with Gasteiger partial charge < -0.3 is 19.0 Å². The summed E-state index contributed by atoms with van der Waals surface area (Å²) in [6.45, 7) is 8.00. The summed E-state index contributed by atoms with van der Waals surface area (Å²) in [6, 6.07) is 5.23. The normalized spacial score (nSPS) is 15.1. The number of furan rings is 1. The Kier molecular flexibility index (Phi) is 7.47. The third-order valence-electron chi connectivity index (χ3n) is 4.56. The fourth-order valence-electron chi connectivity index (χ4n) is 2.78. The number of likely N-dealkylation sites (N-methyl/N-ethyl adjacent to an activating group) is 2. The molecule has 1 aliphatic rings. The minimum atomic E-state index is -0.432.